The van der Waals surface area contributed by atoms with Gasteiger partial charge in [-0.25, -0.2) is 9.97 Å². The largest absolute Gasteiger partial charge is 0.368 e. The first-order valence-electron chi connectivity index (χ1n) is 8.38. The predicted molar refractivity (Wildman–Crippen MR) is 95.5 cm³/mol. The third-order valence-electron chi connectivity index (χ3n) is 4.53. The van der Waals surface area contributed by atoms with Gasteiger partial charge in [-0.2, -0.15) is 0 Å². The fourth-order valence-corrected chi connectivity index (χ4v) is 3.34. The lowest BCUT2D eigenvalue weighted by Gasteiger charge is -2.36. The highest BCUT2D eigenvalue weighted by molar-refractivity contribution is 5.96. The number of aryl methyl sites for hydroxylation is 4. The van der Waals surface area contributed by atoms with E-state index in [1.165, 1.54) is 11.3 Å². The van der Waals surface area contributed by atoms with E-state index in [1.807, 2.05) is 25.7 Å². The number of carbonyl (C=O) groups excluding carboxylic acids is 1. The number of hydrogen-bond acceptors (Lipinski definition) is 4. The van der Waals surface area contributed by atoms with Gasteiger partial charge in [-0.3, -0.25) is 4.79 Å². The Labute approximate surface area is 143 Å². The average Bonchev–Trinajstić information content (AvgIpc) is 2.54. The molecule has 1 fully saturated rings. The summed E-state index contributed by atoms with van der Waals surface area (Å²) < 4.78 is 0. The molecule has 0 saturated carbocycles. The highest BCUT2D eigenvalue weighted by Crippen LogP contribution is 2.20. The highest BCUT2D eigenvalue weighted by Gasteiger charge is 2.25. The van der Waals surface area contributed by atoms with E-state index in [-0.39, 0.29) is 5.91 Å². The van der Waals surface area contributed by atoms with E-state index >= 15 is 0 Å². The number of amides is 1. The highest BCUT2D eigenvalue weighted by atomic mass is 16.2. The molecule has 1 amide bonds. The third-order valence-corrected chi connectivity index (χ3v) is 4.53. The van der Waals surface area contributed by atoms with Gasteiger partial charge >= 0.3 is 0 Å². The Kier molecular flexibility index (Phi) is 4.51. The summed E-state index contributed by atoms with van der Waals surface area (Å²) in [5.74, 6) is 0.764. The van der Waals surface area contributed by atoms with E-state index in [9.17, 15) is 4.79 Å². The summed E-state index contributed by atoms with van der Waals surface area (Å²) in [7, 11) is 0. The van der Waals surface area contributed by atoms with Gasteiger partial charge in [0.15, 0.2) is 0 Å². The number of nitrogens with zero attached hydrogens (tertiary/aromatic N) is 4. The monoisotopic (exact) mass is 324 g/mol. The number of hydrogen-bond donors (Lipinski definition) is 0. The van der Waals surface area contributed by atoms with E-state index in [1.54, 1.807) is 0 Å². The number of piperazine rings is 1. The zero-order valence-electron chi connectivity index (χ0n) is 14.8. The molecular weight excluding hydrogens is 300 g/mol. The number of rotatable bonds is 2. The van der Waals surface area contributed by atoms with Crippen LogP contribution >= 0.6 is 0 Å². The molecule has 1 saturated heterocycles. The Hall–Kier alpha value is -2.43. The van der Waals surface area contributed by atoms with Crippen LogP contribution in [-0.2, 0) is 0 Å². The molecule has 0 spiro atoms. The van der Waals surface area contributed by atoms with Crippen molar-refractivity contribution in [2.75, 3.05) is 31.1 Å². The van der Waals surface area contributed by atoms with Crippen LogP contribution in [0.15, 0.2) is 24.3 Å². The first-order chi connectivity index (χ1) is 11.5. The van der Waals surface area contributed by atoms with Gasteiger partial charge in [-0.1, -0.05) is 12.1 Å². The first kappa shape index (κ1) is 16.4. The zero-order valence-corrected chi connectivity index (χ0v) is 14.8. The predicted octanol–water partition coefficient (Wildman–Crippen LogP) is 2.67. The maximum absolute atomic E-state index is 12.9. The second-order valence-electron chi connectivity index (χ2n) is 6.43. The van der Waals surface area contributed by atoms with Crippen LogP contribution in [0, 0.1) is 27.7 Å². The van der Waals surface area contributed by atoms with Crippen LogP contribution in [0.5, 0.6) is 0 Å². The molecular formula is C19H24N4O. The normalized spacial score (nSPS) is 14.8. The summed E-state index contributed by atoms with van der Waals surface area (Å²) in [5.41, 5.74) is 4.68. The molecule has 5 heteroatoms. The van der Waals surface area contributed by atoms with E-state index < -0.39 is 0 Å². The number of aromatic nitrogens is 2. The third kappa shape index (κ3) is 3.25. The molecule has 0 unspecified atom stereocenters. The van der Waals surface area contributed by atoms with Gasteiger partial charge in [0.1, 0.15) is 5.82 Å². The molecule has 126 valence electrons. The maximum Gasteiger partial charge on any atom is 0.257 e. The van der Waals surface area contributed by atoms with E-state index in [0.29, 0.717) is 11.4 Å². The van der Waals surface area contributed by atoms with Crippen LogP contribution in [-0.4, -0.2) is 47.0 Å². The fraction of sp³-hybridized carbons (Fsp3) is 0.421. The van der Waals surface area contributed by atoms with Crippen LogP contribution in [0.4, 0.5) is 5.69 Å². The summed E-state index contributed by atoms with van der Waals surface area (Å²) in [6.07, 6.45) is 0. The molecule has 0 atom stereocenters. The smallest absolute Gasteiger partial charge is 0.257 e. The summed E-state index contributed by atoms with van der Waals surface area (Å²) in [5, 5.41) is 0. The first-order valence-corrected chi connectivity index (χ1v) is 8.38. The zero-order chi connectivity index (χ0) is 17.3. The van der Waals surface area contributed by atoms with Gasteiger partial charge < -0.3 is 9.80 Å². The maximum atomic E-state index is 12.9. The minimum atomic E-state index is 0.0499. The molecule has 1 aliphatic heterocycles. The van der Waals surface area contributed by atoms with Gasteiger partial charge in [0.25, 0.3) is 5.91 Å². The standard InChI is InChI=1S/C19H24N4O/c1-13-6-5-7-17(12-13)22-8-10-23(11-9-22)19(24)18-14(2)20-16(4)21-15(18)3/h5-7,12H,8-11H2,1-4H3. The summed E-state index contributed by atoms with van der Waals surface area (Å²) >= 11 is 0. The topological polar surface area (TPSA) is 49.3 Å². The summed E-state index contributed by atoms with van der Waals surface area (Å²) in [6, 6.07) is 8.51. The van der Waals surface area contributed by atoms with Gasteiger partial charge in [-0.15, -0.1) is 0 Å². The van der Waals surface area contributed by atoms with Gasteiger partial charge in [0, 0.05) is 31.9 Å². The number of carbonyl (C=O) groups is 1. The molecule has 2 heterocycles. The minimum absolute atomic E-state index is 0.0499. The van der Waals surface area contributed by atoms with E-state index in [2.05, 4.69) is 46.1 Å². The molecule has 1 aliphatic rings. The molecule has 0 N–H and O–H groups in total. The molecule has 3 rings (SSSR count). The molecule has 24 heavy (non-hydrogen) atoms. The molecule has 2 aromatic rings. The lowest BCUT2D eigenvalue weighted by Crippen LogP contribution is -2.49. The van der Waals surface area contributed by atoms with Crippen LogP contribution in [0.3, 0.4) is 0 Å². The molecule has 1 aromatic carbocycles. The van der Waals surface area contributed by atoms with Crippen LogP contribution in [0.2, 0.25) is 0 Å². The Morgan fingerprint density at radius 2 is 1.58 bits per heavy atom. The molecule has 0 radical (unpaired) electrons. The average molecular weight is 324 g/mol. The number of benzene rings is 1. The van der Waals surface area contributed by atoms with Crippen molar-refractivity contribution in [3.63, 3.8) is 0 Å². The lowest BCUT2D eigenvalue weighted by atomic mass is 10.1. The quantitative estimate of drug-likeness (QED) is 0.852. The Morgan fingerprint density at radius 1 is 0.958 bits per heavy atom. The minimum Gasteiger partial charge on any atom is -0.368 e. The van der Waals surface area contributed by atoms with Crippen molar-refractivity contribution < 1.29 is 4.79 Å². The van der Waals surface area contributed by atoms with Gasteiger partial charge in [0.05, 0.1) is 17.0 Å². The molecule has 0 bridgehead atoms. The second-order valence-corrected chi connectivity index (χ2v) is 6.43. The van der Waals surface area contributed by atoms with Crippen molar-refractivity contribution in [3.05, 3.63) is 52.6 Å². The Balaban J connectivity index is 1.72. The molecule has 0 aliphatic carbocycles. The van der Waals surface area contributed by atoms with Crippen LogP contribution in [0.25, 0.3) is 0 Å². The van der Waals surface area contributed by atoms with Crippen molar-refractivity contribution >= 4 is 11.6 Å². The summed E-state index contributed by atoms with van der Waals surface area (Å²) in [6.45, 7) is 10.9. The van der Waals surface area contributed by atoms with Crippen LogP contribution < -0.4 is 4.90 Å². The van der Waals surface area contributed by atoms with Gasteiger partial charge in [0.2, 0.25) is 0 Å². The Morgan fingerprint density at radius 3 is 2.17 bits per heavy atom. The van der Waals surface area contributed by atoms with Crippen molar-refractivity contribution in [2.24, 2.45) is 0 Å². The van der Waals surface area contributed by atoms with E-state index in [0.717, 1.165) is 37.6 Å². The fourth-order valence-electron chi connectivity index (χ4n) is 3.34. The van der Waals surface area contributed by atoms with Crippen molar-refractivity contribution in [3.8, 4) is 0 Å². The van der Waals surface area contributed by atoms with Crippen LogP contribution in [0.1, 0.15) is 33.1 Å². The van der Waals surface area contributed by atoms with Crippen molar-refractivity contribution in [1.29, 1.82) is 0 Å². The SMILES string of the molecule is Cc1cccc(N2CCN(C(=O)c3c(C)nc(C)nc3C)CC2)c1. The molecule has 1 aromatic heterocycles. The van der Waals surface area contributed by atoms with E-state index in [4.69, 9.17) is 0 Å². The van der Waals surface area contributed by atoms with Crippen molar-refractivity contribution in [2.45, 2.75) is 27.7 Å². The van der Waals surface area contributed by atoms with Crippen molar-refractivity contribution in [1.82, 2.24) is 14.9 Å². The van der Waals surface area contributed by atoms with Gasteiger partial charge in [-0.05, 0) is 45.4 Å². The Bertz CT molecular complexity index is 741. The lowest BCUT2D eigenvalue weighted by molar-refractivity contribution is 0.0744. The molecule has 5 nitrogen and oxygen atoms in total. The summed E-state index contributed by atoms with van der Waals surface area (Å²) in [4.78, 5) is 25.8. The second kappa shape index (κ2) is 6.59. The number of anilines is 1.